The van der Waals surface area contributed by atoms with Crippen molar-refractivity contribution in [2.75, 3.05) is 11.4 Å². The molecule has 0 fully saturated rings. The number of carboxylic acid groups (broad SMARTS) is 1. The van der Waals surface area contributed by atoms with Crippen LogP contribution in [0.2, 0.25) is 0 Å². The smallest absolute Gasteiger partial charge is 0.347 e. The summed E-state index contributed by atoms with van der Waals surface area (Å²) >= 11 is 1.19. The van der Waals surface area contributed by atoms with Crippen LogP contribution in [-0.4, -0.2) is 22.6 Å². The van der Waals surface area contributed by atoms with Crippen LogP contribution >= 0.6 is 11.3 Å². The van der Waals surface area contributed by atoms with Crippen LogP contribution in [0.3, 0.4) is 0 Å². The predicted molar refractivity (Wildman–Crippen MR) is 74.9 cm³/mol. The molecule has 1 N–H and O–H groups in total. The Kier molecular flexibility index (Phi) is 3.21. The Hall–Kier alpha value is -1.88. The number of carboxylic acids is 1. The molecule has 19 heavy (non-hydrogen) atoms. The minimum absolute atomic E-state index is 0.350. The molecular weight excluding hydrogens is 260 g/mol. The molecule has 2 heterocycles. The van der Waals surface area contributed by atoms with Crippen LogP contribution < -0.4 is 4.90 Å². The first-order valence-electron chi connectivity index (χ1n) is 6.24. The summed E-state index contributed by atoms with van der Waals surface area (Å²) < 4.78 is 0. The first-order chi connectivity index (χ1) is 9.25. The number of aromatic nitrogens is 1. The van der Waals surface area contributed by atoms with Crippen molar-refractivity contribution in [3.8, 4) is 0 Å². The van der Waals surface area contributed by atoms with Crippen LogP contribution in [0.25, 0.3) is 0 Å². The number of nitrogens with zero attached hydrogens (tertiary/aromatic N) is 2. The number of benzene rings is 1. The predicted octanol–water partition coefficient (Wildman–Crippen LogP) is 2.79. The number of fused-ring (bicyclic) bond motifs is 1. The zero-order valence-corrected chi connectivity index (χ0v) is 11.2. The van der Waals surface area contributed by atoms with E-state index in [1.165, 1.54) is 22.6 Å². The van der Waals surface area contributed by atoms with Crippen molar-refractivity contribution >= 4 is 23.0 Å². The summed E-state index contributed by atoms with van der Waals surface area (Å²) in [4.78, 5) is 17.9. The molecule has 0 bridgehead atoms. The minimum Gasteiger partial charge on any atom is -0.477 e. The summed E-state index contributed by atoms with van der Waals surface area (Å²) in [5, 5.41) is 9.13. The number of aromatic carboxylic acids is 1. The van der Waals surface area contributed by atoms with Crippen LogP contribution in [0.4, 0.5) is 5.69 Å². The Morgan fingerprint density at radius 1 is 1.42 bits per heavy atom. The molecule has 1 aliphatic rings. The molecule has 5 heteroatoms. The summed E-state index contributed by atoms with van der Waals surface area (Å²) in [6.07, 6.45) is 2.19. The molecule has 0 spiro atoms. The molecule has 0 saturated carbocycles. The molecule has 0 unspecified atom stereocenters. The first kappa shape index (κ1) is 12.2. The highest BCUT2D eigenvalue weighted by Crippen LogP contribution is 2.28. The molecule has 0 saturated heterocycles. The van der Waals surface area contributed by atoms with Gasteiger partial charge in [0, 0.05) is 12.2 Å². The van der Waals surface area contributed by atoms with Gasteiger partial charge in [-0.15, -0.1) is 11.3 Å². The van der Waals surface area contributed by atoms with Crippen molar-refractivity contribution in [2.24, 2.45) is 0 Å². The van der Waals surface area contributed by atoms with Crippen LogP contribution in [-0.2, 0) is 13.0 Å². The molecule has 2 aromatic rings. The minimum atomic E-state index is -0.886. The third-order valence-corrected chi connectivity index (χ3v) is 4.24. The largest absolute Gasteiger partial charge is 0.477 e. The van der Waals surface area contributed by atoms with Crippen LogP contribution in [0, 0.1) is 0 Å². The molecule has 3 rings (SSSR count). The van der Waals surface area contributed by atoms with Gasteiger partial charge in [0.2, 0.25) is 0 Å². The lowest BCUT2D eigenvalue weighted by Crippen LogP contribution is -2.29. The molecule has 1 aliphatic heterocycles. The Labute approximate surface area is 115 Å². The third-order valence-electron chi connectivity index (χ3n) is 3.38. The average Bonchev–Trinajstić information content (AvgIpc) is 2.87. The lowest BCUT2D eigenvalue weighted by Gasteiger charge is -2.30. The number of hydrogen-bond acceptors (Lipinski definition) is 4. The van der Waals surface area contributed by atoms with E-state index in [0.29, 0.717) is 17.1 Å². The quantitative estimate of drug-likeness (QED) is 0.935. The molecule has 1 aromatic heterocycles. The number of hydrogen-bond donors (Lipinski definition) is 1. The normalized spacial score (nSPS) is 14.2. The summed E-state index contributed by atoms with van der Waals surface area (Å²) in [7, 11) is 0. The van der Waals surface area contributed by atoms with Gasteiger partial charge in [0.15, 0.2) is 0 Å². The van der Waals surface area contributed by atoms with Gasteiger partial charge in [-0.25, -0.2) is 9.78 Å². The summed E-state index contributed by atoms with van der Waals surface area (Å²) in [6, 6.07) is 8.31. The molecule has 1 aromatic carbocycles. The topological polar surface area (TPSA) is 53.4 Å². The number of aryl methyl sites for hydroxylation is 1. The van der Waals surface area contributed by atoms with Gasteiger partial charge in [-0.1, -0.05) is 18.2 Å². The van der Waals surface area contributed by atoms with E-state index < -0.39 is 5.97 Å². The standard InChI is InChI=1S/C14H14N2O2S/c17-14(18)13-11(15-9-19-13)8-16-7-3-5-10-4-1-2-6-12(10)16/h1-2,4,6,9H,3,5,7-8H2,(H,17,18). The van der Waals surface area contributed by atoms with Gasteiger partial charge in [-0.3, -0.25) is 0 Å². The molecule has 4 nitrogen and oxygen atoms in total. The van der Waals surface area contributed by atoms with E-state index in [4.69, 9.17) is 5.11 Å². The van der Waals surface area contributed by atoms with Crippen molar-refractivity contribution < 1.29 is 9.90 Å². The van der Waals surface area contributed by atoms with E-state index in [1.807, 2.05) is 12.1 Å². The van der Waals surface area contributed by atoms with E-state index in [9.17, 15) is 4.79 Å². The van der Waals surface area contributed by atoms with Crippen LogP contribution in [0.5, 0.6) is 0 Å². The molecule has 98 valence electrons. The zero-order valence-electron chi connectivity index (χ0n) is 10.4. The van der Waals surface area contributed by atoms with E-state index >= 15 is 0 Å². The Balaban J connectivity index is 1.89. The molecule has 0 amide bonds. The lowest BCUT2D eigenvalue weighted by atomic mass is 10.0. The Morgan fingerprint density at radius 3 is 3.11 bits per heavy atom. The second-order valence-corrected chi connectivity index (χ2v) is 5.44. The molecular formula is C14H14N2O2S. The Morgan fingerprint density at radius 2 is 2.26 bits per heavy atom. The monoisotopic (exact) mass is 274 g/mol. The van der Waals surface area contributed by atoms with Crippen molar-refractivity contribution in [3.05, 3.63) is 45.9 Å². The number of anilines is 1. The Bertz CT molecular complexity index is 609. The van der Waals surface area contributed by atoms with Gasteiger partial charge in [-0.05, 0) is 24.5 Å². The van der Waals surface area contributed by atoms with Crippen LogP contribution in [0.1, 0.15) is 27.3 Å². The van der Waals surface area contributed by atoms with Gasteiger partial charge in [0.25, 0.3) is 0 Å². The van der Waals surface area contributed by atoms with Gasteiger partial charge in [0.05, 0.1) is 17.7 Å². The number of carbonyl (C=O) groups is 1. The lowest BCUT2D eigenvalue weighted by molar-refractivity contribution is 0.0700. The van der Waals surface area contributed by atoms with Crippen molar-refractivity contribution in [1.82, 2.24) is 4.98 Å². The van der Waals surface area contributed by atoms with E-state index in [0.717, 1.165) is 19.4 Å². The third kappa shape index (κ3) is 2.33. The zero-order chi connectivity index (χ0) is 13.2. The van der Waals surface area contributed by atoms with Crippen molar-refractivity contribution in [3.63, 3.8) is 0 Å². The maximum absolute atomic E-state index is 11.1. The fourth-order valence-corrected chi connectivity index (χ4v) is 3.15. The highest BCUT2D eigenvalue weighted by molar-refractivity contribution is 7.11. The molecule has 0 radical (unpaired) electrons. The number of rotatable bonds is 3. The summed E-state index contributed by atoms with van der Waals surface area (Å²) in [6.45, 7) is 1.52. The van der Waals surface area contributed by atoms with Gasteiger partial charge in [-0.2, -0.15) is 0 Å². The molecule has 0 atom stereocenters. The first-order valence-corrected chi connectivity index (χ1v) is 7.12. The highest BCUT2D eigenvalue weighted by Gasteiger charge is 2.20. The SMILES string of the molecule is O=C(O)c1scnc1CN1CCCc2ccccc21. The van der Waals surface area contributed by atoms with Gasteiger partial charge in [0.1, 0.15) is 4.88 Å². The van der Waals surface area contributed by atoms with Crippen molar-refractivity contribution in [2.45, 2.75) is 19.4 Å². The number of para-hydroxylation sites is 1. The van der Waals surface area contributed by atoms with E-state index in [2.05, 4.69) is 22.0 Å². The van der Waals surface area contributed by atoms with Gasteiger partial charge >= 0.3 is 5.97 Å². The highest BCUT2D eigenvalue weighted by atomic mass is 32.1. The second-order valence-electron chi connectivity index (χ2n) is 4.59. The second kappa shape index (κ2) is 5.01. The molecule has 0 aliphatic carbocycles. The van der Waals surface area contributed by atoms with E-state index in [1.54, 1.807) is 5.51 Å². The van der Waals surface area contributed by atoms with Gasteiger partial charge < -0.3 is 10.0 Å². The number of thiazole rings is 1. The maximum atomic E-state index is 11.1. The van der Waals surface area contributed by atoms with Crippen LogP contribution in [0.15, 0.2) is 29.8 Å². The fraction of sp³-hybridized carbons (Fsp3) is 0.286. The average molecular weight is 274 g/mol. The van der Waals surface area contributed by atoms with E-state index in [-0.39, 0.29) is 0 Å². The van der Waals surface area contributed by atoms with Crippen molar-refractivity contribution in [1.29, 1.82) is 0 Å². The fourth-order valence-electron chi connectivity index (χ4n) is 2.51. The summed E-state index contributed by atoms with van der Waals surface area (Å²) in [5.41, 5.74) is 4.81. The maximum Gasteiger partial charge on any atom is 0.347 e. The summed E-state index contributed by atoms with van der Waals surface area (Å²) in [5.74, 6) is -0.886.